The van der Waals surface area contributed by atoms with E-state index in [1.807, 2.05) is 19.1 Å². The predicted molar refractivity (Wildman–Crippen MR) is 125 cm³/mol. The molecule has 0 aromatic heterocycles. The molecule has 5 N–H and O–H groups in total. The number of carbonyl (C=O) groups excluding carboxylic acids is 1. The van der Waals surface area contributed by atoms with Gasteiger partial charge in [0.2, 0.25) is 0 Å². The van der Waals surface area contributed by atoms with Gasteiger partial charge in [0.15, 0.2) is 6.29 Å². The summed E-state index contributed by atoms with van der Waals surface area (Å²) >= 11 is 0. The minimum Gasteiger partial charge on any atom is -0.458 e. The molecular weight excluding hydrogens is 456 g/mol. The highest BCUT2D eigenvalue weighted by Gasteiger charge is 2.58. The molecule has 4 rings (SSSR count). The number of hydrogen-bond acceptors (Lipinski definition) is 9. The highest BCUT2D eigenvalue weighted by molar-refractivity contribution is 5.93. The van der Waals surface area contributed by atoms with E-state index in [4.69, 9.17) is 14.2 Å². The summed E-state index contributed by atoms with van der Waals surface area (Å²) in [6, 6.07) is 0. The van der Waals surface area contributed by atoms with Crippen molar-refractivity contribution in [1.82, 2.24) is 0 Å². The molecule has 1 saturated heterocycles. The Hall–Kier alpha value is -1.59. The molecule has 0 unspecified atom stereocenters. The molecule has 0 aromatic rings. The average molecular weight is 495 g/mol. The van der Waals surface area contributed by atoms with E-state index < -0.39 is 48.8 Å². The van der Waals surface area contributed by atoms with Crippen LogP contribution in [0.5, 0.6) is 0 Å². The minimum absolute atomic E-state index is 0.00497. The summed E-state index contributed by atoms with van der Waals surface area (Å²) in [6.07, 6.45) is 1.03. The van der Waals surface area contributed by atoms with Crippen molar-refractivity contribution in [3.8, 4) is 0 Å². The molecule has 3 fully saturated rings. The zero-order chi connectivity index (χ0) is 25.5. The number of fused-ring (bicyclic) bond motifs is 1. The zero-order valence-corrected chi connectivity index (χ0v) is 20.4. The van der Waals surface area contributed by atoms with E-state index in [0.29, 0.717) is 12.0 Å². The van der Waals surface area contributed by atoms with Crippen LogP contribution in [0, 0.1) is 22.7 Å². The van der Waals surface area contributed by atoms with E-state index in [2.05, 4.69) is 13.5 Å². The van der Waals surface area contributed by atoms with Gasteiger partial charge in [0.25, 0.3) is 0 Å². The van der Waals surface area contributed by atoms with Gasteiger partial charge in [-0.25, -0.2) is 4.79 Å². The van der Waals surface area contributed by atoms with Crippen LogP contribution in [0.25, 0.3) is 0 Å². The predicted octanol–water partition coefficient (Wildman–Crippen LogP) is 0.592. The molecule has 9 heteroatoms. The summed E-state index contributed by atoms with van der Waals surface area (Å²) in [6.45, 7) is 8.27. The molecule has 9 nitrogen and oxygen atoms in total. The number of carbonyl (C=O) groups is 1. The Morgan fingerprint density at radius 2 is 1.91 bits per heavy atom. The maximum absolute atomic E-state index is 11.9. The van der Waals surface area contributed by atoms with Crippen molar-refractivity contribution in [3.05, 3.63) is 36.0 Å². The Labute approximate surface area is 205 Å². The maximum Gasteiger partial charge on any atom is 0.338 e. The van der Waals surface area contributed by atoms with Crippen molar-refractivity contribution in [3.63, 3.8) is 0 Å². The second-order valence-corrected chi connectivity index (χ2v) is 10.9. The fourth-order valence-electron chi connectivity index (χ4n) is 6.65. The number of esters is 1. The monoisotopic (exact) mass is 494 g/mol. The summed E-state index contributed by atoms with van der Waals surface area (Å²) in [5.74, 6) is -0.302. The highest BCUT2D eigenvalue weighted by atomic mass is 16.7. The van der Waals surface area contributed by atoms with Crippen LogP contribution in [0.3, 0.4) is 0 Å². The molecule has 2 aliphatic carbocycles. The molecule has 2 heterocycles. The van der Waals surface area contributed by atoms with Gasteiger partial charge in [-0.15, -0.1) is 0 Å². The number of ether oxygens (including phenoxy) is 3. The topological polar surface area (TPSA) is 146 Å². The van der Waals surface area contributed by atoms with Crippen LogP contribution >= 0.6 is 0 Å². The van der Waals surface area contributed by atoms with Gasteiger partial charge < -0.3 is 39.7 Å². The van der Waals surface area contributed by atoms with Crippen molar-refractivity contribution >= 4 is 5.97 Å². The number of hydrogen-bond donors (Lipinski definition) is 5. The molecule has 0 bridgehead atoms. The Kier molecular flexibility index (Phi) is 7.60. The van der Waals surface area contributed by atoms with Crippen LogP contribution in [-0.4, -0.2) is 88.1 Å². The van der Waals surface area contributed by atoms with Crippen LogP contribution in [0.2, 0.25) is 0 Å². The van der Waals surface area contributed by atoms with Gasteiger partial charge in [-0.2, -0.15) is 0 Å². The molecule has 2 saturated carbocycles. The molecule has 0 spiro atoms. The van der Waals surface area contributed by atoms with Crippen LogP contribution in [0.15, 0.2) is 36.0 Å². The third-order valence-electron chi connectivity index (χ3n) is 8.84. The lowest BCUT2D eigenvalue weighted by Gasteiger charge is -2.60. The minimum atomic E-state index is -1.52. The van der Waals surface area contributed by atoms with E-state index in [-0.39, 0.29) is 36.4 Å². The van der Waals surface area contributed by atoms with Crippen molar-refractivity contribution in [2.75, 3.05) is 19.8 Å². The summed E-state index contributed by atoms with van der Waals surface area (Å²) in [5.41, 5.74) is 0.680. The van der Waals surface area contributed by atoms with Crippen LogP contribution in [0.1, 0.15) is 39.5 Å². The molecule has 2 aliphatic heterocycles. The number of aliphatic hydroxyl groups is 5. The van der Waals surface area contributed by atoms with Crippen molar-refractivity contribution in [2.24, 2.45) is 22.7 Å². The second kappa shape index (κ2) is 10.0. The third-order valence-corrected chi connectivity index (χ3v) is 8.84. The van der Waals surface area contributed by atoms with Gasteiger partial charge in [-0.05, 0) is 43.1 Å². The van der Waals surface area contributed by atoms with Crippen LogP contribution < -0.4 is 0 Å². The summed E-state index contributed by atoms with van der Waals surface area (Å²) in [5, 5.41) is 51.1. The van der Waals surface area contributed by atoms with Gasteiger partial charge in [-0.1, -0.05) is 38.2 Å². The molecule has 0 radical (unpaired) electrons. The molecule has 0 aromatic carbocycles. The normalized spacial score (nSPS) is 46.4. The van der Waals surface area contributed by atoms with Gasteiger partial charge in [0, 0.05) is 11.3 Å². The van der Waals surface area contributed by atoms with Crippen molar-refractivity contribution in [2.45, 2.75) is 76.3 Å². The van der Waals surface area contributed by atoms with Crippen LogP contribution in [-0.2, 0) is 19.0 Å². The molecule has 35 heavy (non-hydrogen) atoms. The first kappa shape index (κ1) is 26.5. The van der Waals surface area contributed by atoms with E-state index in [9.17, 15) is 30.3 Å². The van der Waals surface area contributed by atoms with Crippen LogP contribution in [0.4, 0.5) is 0 Å². The number of aliphatic hydroxyl groups excluding tert-OH is 5. The van der Waals surface area contributed by atoms with Gasteiger partial charge in [-0.3, -0.25) is 0 Å². The highest BCUT2D eigenvalue weighted by Crippen LogP contribution is 2.61. The standard InChI is InChI=1S/C26H38O9/c1-14-4-7-18-25(2,16(14)6-5-15-9-11-33-23(15)32)10-8-19(28)26(18,3)13-34-24-22(31)21(30)20(29)17(12-27)35-24/h5-6,9,16-22,24,27-31H,1,4,7-8,10-13H2,2-3H3/b6-5+/t16-,17-,18-,19-,20-,21+,22-,24-,25+,26+/m1/s1. The Morgan fingerprint density at radius 1 is 1.17 bits per heavy atom. The average Bonchev–Trinajstić information content (AvgIpc) is 3.24. The van der Waals surface area contributed by atoms with E-state index in [1.165, 1.54) is 0 Å². The lowest BCUT2D eigenvalue weighted by Crippen LogP contribution is -2.61. The summed E-state index contributed by atoms with van der Waals surface area (Å²) < 4.78 is 16.5. The van der Waals surface area contributed by atoms with E-state index in [1.54, 1.807) is 6.08 Å². The van der Waals surface area contributed by atoms with Gasteiger partial charge >= 0.3 is 5.97 Å². The molecule has 196 valence electrons. The van der Waals surface area contributed by atoms with Gasteiger partial charge in [0.1, 0.15) is 31.0 Å². The molecule has 10 atom stereocenters. The second-order valence-electron chi connectivity index (χ2n) is 10.9. The Morgan fingerprint density at radius 3 is 2.57 bits per heavy atom. The molecule has 4 aliphatic rings. The lowest BCUT2D eigenvalue weighted by atomic mass is 9.46. The van der Waals surface area contributed by atoms with Crippen molar-refractivity contribution in [1.29, 1.82) is 0 Å². The Balaban J connectivity index is 1.54. The summed E-state index contributed by atoms with van der Waals surface area (Å²) in [4.78, 5) is 11.9. The number of allylic oxidation sites excluding steroid dienone is 2. The third kappa shape index (κ3) is 4.64. The number of rotatable bonds is 6. The lowest BCUT2D eigenvalue weighted by molar-refractivity contribution is -0.312. The molecule has 0 amide bonds. The molecular formula is C26H38O9. The maximum atomic E-state index is 11.9. The first-order chi connectivity index (χ1) is 16.5. The first-order valence-corrected chi connectivity index (χ1v) is 12.4. The number of cyclic esters (lactones) is 1. The van der Waals surface area contributed by atoms with Gasteiger partial charge in [0.05, 0.1) is 24.9 Å². The Bertz CT molecular complexity index is 882. The smallest absolute Gasteiger partial charge is 0.338 e. The summed E-state index contributed by atoms with van der Waals surface area (Å²) in [7, 11) is 0. The van der Waals surface area contributed by atoms with E-state index >= 15 is 0 Å². The fourth-order valence-corrected chi connectivity index (χ4v) is 6.65. The first-order valence-electron chi connectivity index (χ1n) is 12.4. The zero-order valence-electron chi connectivity index (χ0n) is 20.4. The fraction of sp³-hybridized carbons (Fsp3) is 0.731. The van der Waals surface area contributed by atoms with E-state index in [0.717, 1.165) is 24.8 Å². The largest absolute Gasteiger partial charge is 0.458 e. The van der Waals surface area contributed by atoms with Crippen molar-refractivity contribution < 1.29 is 44.5 Å². The SMILES string of the molecule is C=C1CC[C@H]2[C@](C)(CO[C@@H]3O[C@H](CO)[C@@H](O)[C@H](O)[C@H]3O)[C@H](O)CC[C@@]2(C)[C@@H]1/C=C/C1=CCOC1=O. The quantitative estimate of drug-likeness (QED) is 0.264.